The Morgan fingerprint density at radius 2 is 2.56 bits per heavy atom. The lowest BCUT2D eigenvalue weighted by molar-refractivity contribution is -0.126. The number of thiophene rings is 1. The summed E-state index contributed by atoms with van der Waals surface area (Å²) in [5.41, 5.74) is -0.367. The molecule has 5 heteroatoms. The Morgan fingerprint density at radius 3 is 3.12 bits per heavy atom. The van der Waals surface area contributed by atoms with Crippen molar-refractivity contribution in [1.82, 2.24) is 10.6 Å². The second-order valence-corrected chi connectivity index (χ2v) is 6.19. The van der Waals surface area contributed by atoms with Crippen molar-refractivity contribution in [2.24, 2.45) is 0 Å². The van der Waals surface area contributed by atoms with Crippen LogP contribution in [-0.2, 0) is 11.3 Å². The van der Waals surface area contributed by atoms with Crippen LogP contribution in [0.5, 0.6) is 0 Å². The van der Waals surface area contributed by atoms with Gasteiger partial charge >= 0.3 is 0 Å². The fourth-order valence-corrected chi connectivity index (χ4v) is 3.29. The highest BCUT2D eigenvalue weighted by molar-refractivity contribution is 9.10. The summed E-state index contributed by atoms with van der Waals surface area (Å²) >= 11 is 5.05. The molecule has 1 atom stereocenters. The molecule has 2 rings (SSSR count). The third-order valence-electron chi connectivity index (χ3n) is 2.91. The summed E-state index contributed by atoms with van der Waals surface area (Å²) in [5.74, 6) is 0.106. The quantitative estimate of drug-likeness (QED) is 0.899. The molecule has 1 aliphatic rings. The smallest absolute Gasteiger partial charge is 0.240 e. The summed E-state index contributed by atoms with van der Waals surface area (Å²) in [5, 5.41) is 8.26. The number of carbonyl (C=O) groups is 1. The summed E-state index contributed by atoms with van der Waals surface area (Å²) in [7, 11) is 0. The zero-order valence-electron chi connectivity index (χ0n) is 9.18. The Kier molecular flexibility index (Phi) is 3.66. The summed E-state index contributed by atoms with van der Waals surface area (Å²) in [4.78, 5) is 13.1. The zero-order valence-corrected chi connectivity index (χ0v) is 11.6. The minimum atomic E-state index is -0.367. The Hall–Kier alpha value is -0.390. The number of amides is 1. The first-order valence-electron chi connectivity index (χ1n) is 5.36. The van der Waals surface area contributed by atoms with Crippen LogP contribution in [0.25, 0.3) is 0 Å². The van der Waals surface area contributed by atoms with Gasteiger partial charge in [0, 0.05) is 14.7 Å². The van der Waals surface area contributed by atoms with E-state index in [0.29, 0.717) is 6.54 Å². The third-order valence-corrected chi connectivity index (χ3v) is 4.61. The second-order valence-electron chi connectivity index (χ2n) is 4.28. The number of nitrogens with one attached hydrogen (secondary N) is 2. The van der Waals surface area contributed by atoms with Gasteiger partial charge in [-0.3, -0.25) is 4.79 Å². The topological polar surface area (TPSA) is 41.1 Å². The molecule has 16 heavy (non-hydrogen) atoms. The SMILES string of the molecule is CC1(C(=O)NCc2cc(Br)cs2)CCCN1. The minimum absolute atomic E-state index is 0.106. The lowest BCUT2D eigenvalue weighted by Crippen LogP contribution is -2.50. The second kappa shape index (κ2) is 4.85. The molecular weight excluding hydrogens is 288 g/mol. The molecule has 1 aromatic rings. The molecule has 1 unspecified atom stereocenters. The first kappa shape index (κ1) is 12.1. The van der Waals surface area contributed by atoms with E-state index in [2.05, 4.69) is 26.6 Å². The van der Waals surface area contributed by atoms with Gasteiger partial charge < -0.3 is 10.6 Å². The van der Waals surface area contributed by atoms with Crippen molar-refractivity contribution in [3.05, 3.63) is 20.8 Å². The molecule has 0 bridgehead atoms. The third kappa shape index (κ3) is 2.64. The van der Waals surface area contributed by atoms with Crippen molar-refractivity contribution in [1.29, 1.82) is 0 Å². The van der Waals surface area contributed by atoms with Gasteiger partial charge in [0.15, 0.2) is 0 Å². The number of halogens is 1. The molecule has 3 nitrogen and oxygen atoms in total. The van der Waals surface area contributed by atoms with Gasteiger partial charge in [-0.2, -0.15) is 0 Å². The zero-order chi connectivity index (χ0) is 11.6. The molecule has 0 saturated carbocycles. The summed E-state index contributed by atoms with van der Waals surface area (Å²) in [6.45, 7) is 3.53. The molecule has 1 amide bonds. The molecule has 1 aromatic heterocycles. The monoisotopic (exact) mass is 302 g/mol. The lowest BCUT2D eigenvalue weighted by atomic mass is 9.99. The Labute approximate surface area is 108 Å². The standard InChI is InChI=1S/C11H15BrN2OS/c1-11(3-2-4-14-11)10(15)13-6-9-5-8(12)7-16-9/h5,7,14H,2-4,6H2,1H3,(H,13,15). The average Bonchev–Trinajstić information content (AvgIpc) is 2.85. The molecule has 0 aromatic carbocycles. The van der Waals surface area contributed by atoms with Crippen LogP contribution in [0.1, 0.15) is 24.6 Å². The maximum atomic E-state index is 12.0. The number of carbonyl (C=O) groups excluding carboxylic acids is 1. The van der Waals surface area contributed by atoms with Gasteiger partial charge in [-0.1, -0.05) is 0 Å². The van der Waals surface area contributed by atoms with Gasteiger partial charge in [0.1, 0.15) is 0 Å². The largest absolute Gasteiger partial charge is 0.350 e. The van der Waals surface area contributed by atoms with E-state index in [0.717, 1.165) is 23.9 Å². The molecule has 2 heterocycles. The van der Waals surface area contributed by atoms with Crippen LogP contribution >= 0.6 is 27.3 Å². The fourth-order valence-electron chi connectivity index (χ4n) is 1.90. The average molecular weight is 303 g/mol. The van der Waals surface area contributed by atoms with E-state index in [9.17, 15) is 4.79 Å². The van der Waals surface area contributed by atoms with Crippen molar-refractivity contribution < 1.29 is 4.79 Å². The van der Waals surface area contributed by atoms with Gasteiger partial charge in [-0.15, -0.1) is 11.3 Å². The Morgan fingerprint density at radius 1 is 1.75 bits per heavy atom. The van der Waals surface area contributed by atoms with Crippen LogP contribution in [-0.4, -0.2) is 18.0 Å². The van der Waals surface area contributed by atoms with E-state index in [1.54, 1.807) is 11.3 Å². The molecular formula is C11H15BrN2OS. The van der Waals surface area contributed by atoms with E-state index >= 15 is 0 Å². The van der Waals surface area contributed by atoms with Crippen LogP contribution in [0.4, 0.5) is 0 Å². The maximum absolute atomic E-state index is 12.0. The highest BCUT2D eigenvalue weighted by atomic mass is 79.9. The van der Waals surface area contributed by atoms with Gasteiger partial charge in [-0.25, -0.2) is 0 Å². The fraction of sp³-hybridized carbons (Fsp3) is 0.545. The van der Waals surface area contributed by atoms with Gasteiger partial charge in [0.25, 0.3) is 0 Å². The number of hydrogen-bond donors (Lipinski definition) is 2. The van der Waals surface area contributed by atoms with Crippen LogP contribution in [0.15, 0.2) is 15.9 Å². The van der Waals surface area contributed by atoms with E-state index in [-0.39, 0.29) is 11.4 Å². The van der Waals surface area contributed by atoms with Crippen LogP contribution in [0.2, 0.25) is 0 Å². The molecule has 0 aliphatic carbocycles. The Bertz CT molecular complexity index is 385. The number of rotatable bonds is 3. The molecule has 0 radical (unpaired) electrons. The minimum Gasteiger partial charge on any atom is -0.350 e. The van der Waals surface area contributed by atoms with Gasteiger partial charge in [0.05, 0.1) is 12.1 Å². The molecule has 1 saturated heterocycles. The van der Waals surface area contributed by atoms with Crippen LogP contribution in [0.3, 0.4) is 0 Å². The van der Waals surface area contributed by atoms with E-state index in [1.165, 1.54) is 4.88 Å². The van der Waals surface area contributed by atoms with E-state index in [4.69, 9.17) is 0 Å². The van der Waals surface area contributed by atoms with Crippen molar-refractivity contribution in [2.45, 2.75) is 31.8 Å². The highest BCUT2D eigenvalue weighted by Crippen LogP contribution is 2.21. The predicted molar refractivity (Wildman–Crippen MR) is 69.5 cm³/mol. The van der Waals surface area contributed by atoms with Crippen molar-refractivity contribution in [3.8, 4) is 0 Å². The molecule has 88 valence electrons. The van der Waals surface area contributed by atoms with E-state index < -0.39 is 0 Å². The van der Waals surface area contributed by atoms with Crippen molar-refractivity contribution >= 4 is 33.2 Å². The molecule has 2 N–H and O–H groups in total. The first-order valence-corrected chi connectivity index (χ1v) is 7.04. The molecule has 1 aliphatic heterocycles. The Balaban J connectivity index is 1.88. The maximum Gasteiger partial charge on any atom is 0.240 e. The van der Waals surface area contributed by atoms with Crippen LogP contribution < -0.4 is 10.6 Å². The van der Waals surface area contributed by atoms with Crippen LogP contribution in [0, 0.1) is 0 Å². The lowest BCUT2D eigenvalue weighted by Gasteiger charge is -2.22. The van der Waals surface area contributed by atoms with E-state index in [1.807, 2.05) is 18.4 Å². The molecule has 0 spiro atoms. The molecule has 1 fully saturated rings. The van der Waals surface area contributed by atoms with Crippen molar-refractivity contribution in [2.75, 3.05) is 6.54 Å². The summed E-state index contributed by atoms with van der Waals surface area (Å²) < 4.78 is 1.08. The van der Waals surface area contributed by atoms with Gasteiger partial charge in [-0.05, 0) is 48.3 Å². The van der Waals surface area contributed by atoms with Crippen molar-refractivity contribution in [3.63, 3.8) is 0 Å². The summed E-state index contributed by atoms with van der Waals surface area (Å²) in [6.07, 6.45) is 2.00. The predicted octanol–water partition coefficient (Wildman–Crippen LogP) is 2.27. The van der Waals surface area contributed by atoms with Gasteiger partial charge in [0.2, 0.25) is 5.91 Å². The summed E-state index contributed by atoms with van der Waals surface area (Å²) in [6, 6.07) is 2.04. The number of hydrogen-bond acceptors (Lipinski definition) is 3. The normalized spacial score (nSPS) is 24.6. The first-order chi connectivity index (χ1) is 7.60. The highest BCUT2D eigenvalue weighted by Gasteiger charge is 2.35.